The monoisotopic (exact) mass is 299 g/mol. The van der Waals surface area contributed by atoms with Gasteiger partial charge in [-0.3, -0.25) is 4.79 Å². The molecule has 0 spiro atoms. The van der Waals surface area contributed by atoms with Gasteiger partial charge in [0.25, 0.3) is 5.91 Å². The van der Waals surface area contributed by atoms with Crippen molar-refractivity contribution in [1.82, 2.24) is 10.1 Å². The van der Waals surface area contributed by atoms with Crippen LogP contribution in [-0.2, 0) is 0 Å². The maximum Gasteiger partial charge on any atom is 0.276 e. The van der Waals surface area contributed by atoms with E-state index in [1.54, 1.807) is 0 Å². The molecule has 1 saturated heterocycles. The zero-order valence-electron chi connectivity index (χ0n) is 11.7. The second-order valence-electron chi connectivity index (χ2n) is 5.81. The van der Waals surface area contributed by atoms with Crippen LogP contribution in [0, 0.1) is 0 Å². The molecule has 2 atom stereocenters. The van der Waals surface area contributed by atoms with Crippen LogP contribution in [0.25, 0.3) is 0 Å². The molecule has 6 heteroatoms. The molecule has 20 heavy (non-hydrogen) atoms. The van der Waals surface area contributed by atoms with Crippen LogP contribution in [-0.4, -0.2) is 34.6 Å². The third kappa shape index (κ3) is 2.99. The molecule has 2 unspecified atom stereocenters. The molecule has 1 amide bonds. The lowest BCUT2D eigenvalue weighted by atomic mass is 9.96. The summed E-state index contributed by atoms with van der Waals surface area (Å²) in [6, 6.07) is 1.94. The Hall–Kier alpha value is -1.07. The van der Waals surface area contributed by atoms with Gasteiger partial charge in [0.05, 0.1) is 0 Å². The van der Waals surface area contributed by atoms with Crippen molar-refractivity contribution in [2.75, 3.05) is 6.54 Å². The maximum atomic E-state index is 12.5. The van der Waals surface area contributed by atoms with E-state index < -0.39 is 0 Å². The molecule has 112 valence electrons. The van der Waals surface area contributed by atoms with Crippen molar-refractivity contribution in [2.45, 2.75) is 57.0 Å². The number of piperidine rings is 1. The Balaban J connectivity index is 0.00000147. The fourth-order valence-electron chi connectivity index (χ4n) is 2.85. The zero-order chi connectivity index (χ0) is 13.4. The molecule has 2 fully saturated rings. The first-order valence-corrected chi connectivity index (χ1v) is 7.20. The van der Waals surface area contributed by atoms with Crippen molar-refractivity contribution in [1.29, 1.82) is 0 Å². The van der Waals surface area contributed by atoms with E-state index in [0.29, 0.717) is 11.6 Å². The molecule has 1 aliphatic carbocycles. The third-order valence-corrected chi connectivity index (χ3v) is 4.14. The van der Waals surface area contributed by atoms with Crippen LogP contribution in [0.4, 0.5) is 0 Å². The lowest BCUT2D eigenvalue weighted by Gasteiger charge is -2.37. The van der Waals surface area contributed by atoms with E-state index in [2.05, 4.69) is 5.16 Å². The average molecular weight is 300 g/mol. The van der Waals surface area contributed by atoms with Crippen LogP contribution >= 0.6 is 12.4 Å². The Bertz CT molecular complexity index is 471. The largest absolute Gasteiger partial charge is 0.360 e. The van der Waals surface area contributed by atoms with Gasteiger partial charge in [-0.05, 0) is 39.0 Å². The minimum Gasteiger partial charge on any atom is -0.360 e. The summed E-state index contributed by atoms with van der Waals surface area (Å²) in [5.41, 5.74) is 6.44. The highest BCUT2D eigenvalue weighted by Gasteiger charge is 2.33. The summed E-state index contributed by atoms with van der Waals surface area (Å²) in [5, 5.41) is 3.94. The number of aromatic nitrogens is 1. The summed E-state index contributed by atoms with van der Waals surface area (Å²) in [5.74, 6) is 1.31. The number of rotatable bonds is 3. The normalized spacial score (nSPS) is 24.1. The number of hydrogen-bond donors (Lipinski definition) is 1. The Labute approximate surface area is 125 Å². The Morgan fingerprint density at radius 1 is 1.45 bits per heavy atom. The Morgan fingerprint density at radius 3 is 2.85 bits per heavy atom. The van der Waals surface area contributed by atoms with Gasteiger partial charge >= 0.3 is 0 Å². The molecule has 2 aliphatic rings. The number of nitrogens with zero attached hydrogens (tertiary/aromatic N) is 2. The van der Waals surface area contributed by atoms with Crippen molar-refractivity contribution >= 4 is 18.3 Å². The van der Waals surface area contributed by atoms with Crippen molar-refractivity contribution in [2.24, 2.45) is 5.73 Å². The standard InChI is InChI=1S/C14H21N3O2.ClH/c1-9(15)12-4-2-3-7-17(12)14(18)11-8-13(19-16-11)10-5-6-10;/h8-10,12H,2-7,15H2,1H3;1H. The SMILES string of the molecule is CC(N)C1CCCCN1C(=O)c1cc(C2CC2)on1.Cl. The molecule has 2 N–H and O–H groups in total. The minimum absolute atomic E-state index is 0. The van der Waals surface area contributed by atoms with Gasteiger partial charge in [-0.1, -0.05) is 5.16 Å². The minimum atomic E-state index is -0.0300. The number of carbonyl (C=O) groups is 1. The van der Waals surface area contributed by atoms with Gasteiger partial charge in [0.15, 0.2) is 5.69 Å². The fourth-order valence-corrected chi connectivity index (χ4v) is 2.85. The van der Waals surface area contributed by atoms with E-state index in [-0.39, 0.29) is 30.4 Å². The molecule has 0 aromatic carbocycles. The van der Waals surface area contributed by atoms with Gasteiger partial charge in [-0.25, -0.2) is 0 Å². The molecule has 1 aromatic rings. The van der Waals surface area contributed by atoms with E-state index in [4.69, 9.17) is 10.3 Å². The van der Waals surface area contributed by atoms with Gasteiger partial charge < -0.3 is 15.2 Å². The van der Waals surface area contributed by atoms with Crippen LogP contribution in [0.3, 0.4) is 0 Å². The lowest BCUT2D eigenvalue weighted by molar-refractivity contribution is 0.0573. The second kappa shape index (κ2) is 6.14. The second-order valence-corrected chi connectivity index (χ2v) is 5.81. The predicted octanol–water partition coefficient (Wildman–Crippen LogP) is 2.32. The topological polar surface area (TPSA) is 72.4 Å². The van der Waals surface area contributed by atoms with Gasteiger partial charge in [0.2, 0.25) is 0 Å². The van der Waals surface area contributed by atoms with Crippen LogP contribution in [0.2, 0.25) is 0 Å². The van der Waals surface area contributed by atoms with Gasteiger partial charge in [-0.2, -0.15) is 0 Å². The van der Waals surface area contributed by atoms with Crippen LogP contribution in [0.1, 0.15) is 61.2 Å². The Morgan fingerprint density at radius 2 is 2.20 bits per heavy atom. The van der Waals surface area contributed by atoms with Gasteiger partial charge in [-0.15, -0.1) is 12.4 Å². The van der Waals surface area contributed by atoms with E-state index >= 15 is 0 Å². The third-order valence-electron chi connectivity index (χ3n) is 4.14. The highest BCUT2D eigenvalue weighted by atomic mass is 35.5. The van der Waals surface area contributed by atoms with E-state index in [1.165, 1.54) is 0 Å². The smallest absolute Gasteiger partial charge is 0.276 e. The summed E-state index contributed by atoms with van der Waals surface area (Å²) < 4.78 is 5.27. The quantitative estimate of drug-likeness (QED) is 0.929. The van der Waals surface area contributed by atoms with Crippen molar-refractivity contribution in [3.8, 4) is 0 Å². The summed E-state index contributed by atoms with van der Waals surface area (Å²) >= 11 is 0. The molecule has 0 bridgehead atoms. The first-order chi connectivity index (χ1) is 9.16. The maximum absolute atomic E-state index is 12.5. The van der Waals surface area contributed by atoms with Crippen LogP contribution in [0.5, 0.6) is 0 Å². The summed E-state index contributed by atoms with van der Waals surface area (Å²) in [6.45, 7) is 2.74. The van der Waals surface area contributed by atoms with Crippen molar-refractivity contribution in [3.05, 3.63) is 17.5 Å². The van der Waals surface area contributed by atoms with Crippen molar-refractivity contribution < 1.29 is 9.32 Å². The average Bonchev–Trinajstić information content (AvgIpc) is 3.16. The molecule has 3 rings (SSSR count). The molecule has 1 aliphatic heterocycles. The first kappa shape index (κ1) is 15.3. The number of nitrogens with two attached hydrogens (primary N) is 1. The first-order valence-electron chi connectivity index (χ1n) is 7.20. The highest BCUT2D eigenvalue weighted by Crippen LogP contribution is 2.40. The highest BCUT2D eigenvalue weighted by molar-refractivity contribution is 5.92. The number of hydrogen-bond acceptors (Lipinski definition) is 4. The molecular formula is C14H22ClN3O2. The fraction of sp³-hybridized carbons (Fsp3) is 0.714. The van der Waals surface area contributed by atoms with E-state index in [9.17, 15) is 4.79 Å². The summed E-state index contributed by atoms with van der Waals surface area (Å²) in [7, 11) is 0. The molecule has 1 saturated carbocycles. The van der Waals surface area contributed by atoms with Crippen LogP contribution in [0.15, 0.2) is 10.6 Å². The predicted molar refractivity (Wildman–Crippen MR) is 78.1 cm³/mol. The molecule has 1 aromatic heterocycles. The zero-order valence-corrected chi connectivity index (χ0v) is 12.6. The van der Waals surface area contributed by atoms with Crippen LogP contribution < -0.4 is 5.73 Å². The van der Waals surface area contributed by atoms with E-state index in [0.717, 1.165) is 44.4 Å². The molecule has 2 heterocycles. The molecule has 5 nitrogen and oxygen atoms in total. The van der Waals surface area contributed by atoms with Gasteiger partial charge in [0, 0.05) is 30.6 Å². The summed E-state index contributed by atoms with van der Waals surface area (Å²) in [4.78, 5) is 14.4. The van der Waals surface area contributed by atoms with Gasteiger partial charge in [0.1, 0.15) is 5.76 Å². The number of halogens is 1. The number of likely N-dealkylation sites (tertiary alicyclic amines) is 1. The lowest BCUT2D eigenvalue weighted by Crippen LogP contribution is -2.51. The Kier molecular flexibility index (Phi) is 4.70. The summed E-state index contributed by atoms with van der Waals surface area (Å²) in [6.07, 6.45) is 5.46. The molecular weight excluding hydrogens is 278 g/mol. The number of amides is 1. The molecule has 0 radical (unpaired) electrons. The number of carbonyl (C=O) groups excluding carboxylic acids is 1. The van der Waals surface area contributed by atoms with E-state index in [1.807, 2.05) is 17.9 Å². The van der Waals surface area contributed by atoms with Crippen molar-refractivity contribution in [3.63, 3.8) is 0 Å².